The summed E-state index contributed by atoms with van der Waals surface area (Å²) in [4.78, 5) is 11.5. The lowest BCUT2D eigenvalue weighted by molar-refractivity contribution is -0.159. The molecule has 0 fully saturated rings. The molecule has 0 aromatic heterocycles. The molecule has 0 bridgehead atoms. The van der Waals surface area contributed by atoms with Gasteiger partial charge in [-0.25, -0.2) is 0 Å². The average Bonchev–Trinajstić information content (AvgIpc) is 2.06. The number of carbonyl (C=O) groups excluding carboxylic acids is 1. The topological polar surface area (TPSA) is 84.6 Å². The Morgan fingerprint density at radius 1 is 1.62 bits per heavy atom. The molecule has 0 aromatic rings. The van der Waals surface area contributed by atoms with Crippen LogP contribution in [-0.2, 0) is 9.53 Å². The lowest BCUT2D eigenvalue weighted by Crippen LogP contribution is -2.50. The van der Waals surface area contributed by atoms with Crippen LogP contribution in [0.4, 0.5) is 0 Å². The van der Waals surface area contributed by atoms with Gasteiger partial charge >= 0.3 is 5.97 Å². The van der Waals surface area contributed by atoms with Gasteiger partial charge in [-0.15, -0.1) is 0 Å². The van der Waals surface area contributed by atoms with Gasteiger partial charge in [-0.3, -0.25) is 4.79 Å². The highest BCUT2D eigenvalue weighted by Gasteiger charge is 2.34. The van der Waals surface area contributed by atoms with Crippen LogP contribution in [0.3, 0.4) is 0 Å². The Labute approximate surface area is 95.0 Å². The Bertz CT molecular complexity index is 342. The van der Waals surface area contributed by atoms with E-state index in [9.17, 15) is 9.90 Å². The van der Waals surface area contributed by atoms with Crippen LogP contribution >= 0.6 is 0 Å². The van der Waals surface area contributed by atoms with E-state index in [0.717, 1.165) is 0 Å². The molecule has 1 unspecified atom stereocenters. The van der Waals surface area contributed by atoms with Crippen molar-refractivity contribution in [3.05, 3.63) is 24.0 Å². The van der Waals surface area contributed by atoms with Crippen molar-refractivity contribution in [1.29, 1.82) is 0 Å². The zero-order valence-corrected chi connectivity index (χ0v) is 9.78. The number of dihydropyridines is 1. The molecule has 0 saturated carbocycles. The third kappa shape index (κ3) is 3.27. The van der Waals surface area contributed by atoms with Gasteiger partial charge in [-0.1, -0.05) is 0 Å². The number of nitrogens with two attached hydrogens (primary N) is 1. The van der Waals surface area contributed by atoms with E-state index in [1.54, 1.807) is 32.9 Å². The molecule has 0 amide bonds. The molecule has 90 valence electrons. The molecule has 1 atom stereocenters. The van der Waals surface area contributed by atoms with Gasteiger partial charge in [-0.2, -0.15) is 0 Å². The second-order valence-electron chi connectivity index (χ2n) is 4.75. The molecule has 0 spiro atoms. The molecule has 0 saturated heterocycles. The first-order valence-electron chi connectivity index (χ1n) is 5.08. The Hall–Kier alpha value is -1.49. The summed E-state index contributed by atoms with van der Waals surface area (Å²) >= 11 is 0. The summed E-state index contributed by atoms with van der Waals surface area (Å²) in [5.74, 6) is -0.505. The number of aliphatic hydroxyl groups is 1. The first kappa shape index (κ1) is 12.6. The third-order valence-electron chi connectivity index (χ3n) is 1.99. The maximum atomic E-state index is 11.5. The fourth-order valence-corrected chi connectivity index (χ4v) is 1.30. The zero-order valence-electron chi connectivity index (χ0n) is 9.78. The minimum Gasteiger partial charge on any atom is -0.460 e. The van der Waals surface area contributed by atoms with Crippen LogP contribution in [-0.4, -0.2) is 22.4 Å². The lowest BCUT2D eigenvalue weighted by Gasteiger charge is -2.31. The quantitative estimate of drug-likeness (QED) is 0.592. The Morgan fingerprint density at radius 2 is 2.25 bits per heavy atom. The minimum atomic E-state index is -1.54. The molecular formula is C11H18N2O3. The average molecular weight is 226 g/mol. The summed E-state index contributed by atoms with van der Waals surface area (Å²) < 4.78 is 5.11. The van der Waals surface area contributed by atoms with Crippen molar-refractivity contribution in [1.82, 2.24) is 5.32 Å². The summed E-state index contributed by atoms with van der Waals surface area (Å²) in [6, 6.07) is 0. The molecule has 1 heterocycles. The van der Waals surface area contributed by atoms with Crippen molar-refractivity contribution in [3.8, 4) is 0 Å². The summed E-state index contributed by atoms with van der Waals surface area (Å²) in [5, 5.41) is 12.7. The van der Waals surface area contributed by atoms with Gasteiger partial charge in [0.15, 0.2) is 5.72 Å². The van der Waals surface area contributed by atoms with Crippen molar-refractivity contribution in [2.75, 3.05) is 0 Å². The van der Waals surface area contributed by atoms with E-state index in [1.165, 1.54) is 6.20 Å². The van der Waals surface area contributed by atoms with Crippen LogP contribution in [0.5, 0.6) is 0 Å². The molecule has 1 rings (SSSR count). The summed E-state index contributed by atoms with van der Waals surface area (Å²) in [6.07, 6.45) is 4.50. The van der Waals surface area contributed by atoms with Gasteiger partial charge in [0.1, 0.15) is 5.60 Å². The van der Waals surface area contributed by atoms with E-state index in [4.69, 9.17) is 10.5 Å². The van der Waals surface area contributed by atoms with Crippen LogP contribution in [0.15, 0.2) is 24.0 Å². The predicted molar refractivity (Wildman–Crippen MR) is 60.0 cm³/mol. The Balaban J connectivity index is 2.64. The van der Waals surface area contributed by atoms with E-state index in [2.05, 4.69) is 5.32 Å². The number of allylic oxidation sites excluding steroid dienone is 2. The monoisotopic (exact) mass is 226 g/mol. The van der Waals surface area contributed by atoms with Crippen molar-refractivity contribution in [2.24, 2.45) is 5.73 Å². The molecule has 0 aliphatic carbocycles. The van der Waals surface area contributed by atoms with Crippen LogP contribution in [0.25, 0.3) is 0 Å². The highest BCUT2D eigenvalue weighted by Crippen LogP contribution is 2.19. The molecule has 1 aliphatic heterocycles. The van der Waals surface area contributed by atoms with Gasteiger partial charge < -0.3 is 20.9 Å². The number of carbonyl (C=O) groups is 1. The van der Waals surface area contributed by atoms with Gasteiger partial charge in [0.25, 0.3) is 0 Å². The van der Waals surface area contributed by atoms with Crippen LogP contribution in [0.1, 0.15) is 27.2 Å². The molecule has 5 heteroatoms. The van der Waals surface area contributed by atoms with Crippen molar-refractivity contribution < 1.29 is 14.6 Å². The van der Waals surface area contributed by atoms with E-state index in [-0.39, 0.29) is 12.1 Å². The van der Waals surface area contributed by atoms with Crippen molar-refractivity contribution in [3.63, 3.8) is 0 Å². The third-order valence-corrected chi connectivity index (χ3v) is 1.99. The number of nitrogens with one attached hydrogen (secondary N) is 1. The van der Waals surface area contributed by atoms with Gasteiger partial charge in [0.2, 0.25) is 0 Å². The Kier molecular flexibility index (Phi) is 3.28. The summed E-state index contributed by atoms with van der Waals surface area (Å²) in [5.41, 5.74) is 3.69. The molecular weight excluding hydrogens is 208 g/mol. The highest BCUT2D eigenvalue weighted by atomic mass is 16.6. The smallest absolute Gasteiger partial charge is 0.311 e. The second kappa shape index (κ2) is 4.17. The highest BCUT2D eigenvalue weighted by molar-refractivity contribution is 5.72. The van der Waals surface area contributed by atoms with E-state index in [0.29, 0.717) is 0 Å². The second-order valence-corrected chi connectivity index (χ2v) is 4.75. The normalized spacial score (nSPS) is 24.6. The maximum Gasteiger partial charge on any atom is 0.311 e. The minimum absolute atomic E-state index is 0.195. The fraction of sp³-hybridized carbons (Fsp3) is 0.545. The molecule has 1 aliphatic rings. The SMILES string of the molecule is CC(C)(C)OC(=O)CC1(O)NC=CC=C1N. The number of rotatable bonds is 2. The van der Waals surface area contributed by atoms with Gasteiger partial charge in [0, 0.05) is 0 Å². The van der Waals surface area contributed by atoms with Crippen molar-refractivity contribution in [2.45, 2.75) is 38.5 Å². The molecule has 4 N–H and O–H groups in total. The van der Waals surface area contributed by atoms with E-state index >= 15 is 0 Å². The number of hydrogen-bond donors (Lipinski definition) is 3. The van der Waals surface area contributed by atoms with E-state index < -0.39 is 17.3 Å². The number of ether oxygens (including phenoxy) is 1. The maximum absolute atomic E-state index is 11.5. The van der Waals surface area contributed by atoms with Crippen molar-refractivity contribution >= 4 is 5.97 Å². The van der Waals surface area contributed by atoms with Gasteiger partial charge in [-0.05, 0) is 39.1 Å². The van der Waals surface area contributed by atoms with Crippen LogP contribution in [0, 0.1) is 0 Å². The summed E-state index contributed by atoms with van der Waals surface area (Å²) in [7, 11) is 0. The number of esters is 1. The van der Waals surface area contributed by atoms with E-state index in [1.807, 2.05) is 0 Å². The molecule has 5 nitrogen and oxygen atoms in total. The molecule has 16 heavy (non-hydrogen) atoms. The molecule has 0 aromatic carbocycles. The van der Waals surface area contributed by atoms with Crippen LogP contribution < -0.4 is 11.1 Å². The first-order valence-corrected chi connectivity index (χ1v) is 5.08. The largest absolute Gasteiger partial charge is 0.460 e. The predicted octanol–water partition coefficient (Wildman–Crippen LogP) is 0.366. The van der Waals surface area contributed by atoms with Crippen LogP contribution in [0.2, 0.25) is 0 Å². The standard InChI is InChI=1S/C11H18N2O3/c1-10(2,3)16-9(14)7-11(15)8(12)5-4-6-13-11/h4-6,13,15H,7,12H2,1-3H3. The molecule has 0 radical (unpaired) electrons. The number of hydrogen-bond acceptors (Lipinski definition) is 5. The summed E-state index contributed by atoms with van der Waals surface area (Å²) in [6.45, 7) is 5.30. The first-order chi connectivity index (χ1) is 7.23. The fourth-order valence-electron chi connectivity index (χ4n) is 1.30. The lowest BCUT2D eigenvalue weighted by atomic mass is 10.0. The zero-order chi connectivity index (χ0) is 12.4. The Morgan fingerprint density at radius 3 is 2.75 bits per heavy atom. The van der Waals surface area contributed by atoms with Gasteiger partial charge in [0.05, 0.1) is 12.1 Å².